The van der Waals surface area contributed by atoms with E-state index in [1.807, 2.05) is 54.6 Å². The monoisotopic (exact) mass is 669 g/mol. The number of hydrogen-bond donors (Lipinski definition) is 1. The highest BCUT2D eigenvalue weighted by Gasteiger charge is 2.32. The van der Waals surface area contributed by atoms with Crippen LogP contribution in [0.2, 0.25) is 0 Å². The number of nitrogens with zero attached hydrogens (tertiary/aromatic N) is 2. The Morgan fingerprint density at radius 2 is 1.67 bits per heavy atom. The molecular weight excluding hydrogens is 630 g/mol. The summed E-state index contributed by atoms with van der Waals surface area (Å²) in [7, 11) is -2.09. The zero-order valence-electron chi connectivity index (χ0n) is 24.7. The molecule has 0 saturated heterocycles. The Morgan fingerprint density at radius 3 is 2.33 bits per heavy atom. The van der Waals surface area contributed by atoms with Crippen molar-refractivity contribution in [3.05, 3.63) is 94.5 Å². The van der Waals surface area contributed by atoms with Crippen LogP contribution in [0.15, 0.2) is 83.3 Å². The summed E-state index contributed by atoms with van der Waals surface area (Å²) in [5.74, 6) is 0.180. The zero-order valence-corrected chi connectivity index (χ0v) is 27.1. The van der Waals surface area contributed by atoms with Gasteiger partial charge in [-0.25, -0.2) is 8.42 Å². The van der Waals surface area contributed by atoms with Crippen LogP contribution >= 0.6 is 15.9 Å². The smallest absolute Gasteiger partial charge is 0.243 e. The molecule has 8 nitrogen and oxygen atoms in total. The second kappa shape index (κ2) is 15.4. The number of methoxy groups -OCH3 is 1. The molecule has 0 unspecified atom stereocenters. The molecule has 1 atom stereocenters. The van der Waals surface area contributed by atoms with Crippen LogP contribution in [0.3, 0.4) is 0 Å². The Bertz CT molecular complexity index is 1460. The van der Waals surface area contributed by atoms with Gasteiger partial charge in [-0.1, -0.05) is 77.3 Å². The Labute approximate surface area is 263 Å². The van der Waals surface area contributed by atoms with Gasteiger partial charge in [0.25, 0.3) is 0 Å². The Balaban J connectivity index is 1.58. The van der Waals surface area contributed by atoms with E-state index in [4.69, 9.17) is 4.74 Å². The number of sulfonamides is 1. The summed E-state index contributed by atoms with van der Waals surface area (Å²) < 4.78 is 32.9. The molecule has 1 aliphatic carbocycles. The van der Waals surface area contributed by atoms with E-state index >= 15 is 0 Å². The van der Waals surface area contributed by atoms with E-state index in [0.29, 0.717) is 17.9 Å². The number of rotatable bonds is 14. The summed E-state index contributed by atoms with van der Waals surface area (Å²) in [5, 5.41) is 3.22. The van der Waals surface area contributed by atoms with Crippen molar-refractivity contribution in [3.8, 4) is 5.75 Å². The number of carbonyl (C=O) groups is 2. The third-order valence-corrected chi connectivity index (χ3v) is 9.46. The molecule has 0 spiro atoms. The van der Waals surface area contributed by atoms with Crippen LogP contribution in [-0.2, 0) is 32.6 Å². The van der Waals surface area contributed by atoms with Crippen molar-refractivity contribution in [1.82, 2.24) is 10.2 Å². The van der Waals surface area contributed by atoms with Crippen LogP contribution in [0.5, 0.6) is 5.75 Å². The van der Waals surface area contributed by atoms with Crippen molar-refractivity contribution in [2.75, 3.05) is 24.2 Å². The van der Waals surface area contributed by atoms with E-state index in [0.717, 1.165) is 47.5 Å². The average molecular weight is 671 g/mol. The van der Waals surface area contributed by atoms with Crippen LogP contribution < -0.4 is 14.4 Å². The maximum Gasteiger partial charge on any atom is 0.243 e. The minimum Gasteiger partial charge on any atom is -0.497 e. The first-order valence-corrected chi connectivity index (χ1v) is 17.3. The molecule has 0 bridgehead atoms. The molecular formula is C33H40BrN3O5S. The number of amides is 2. The van der Waals surface area contributed by atoms with Gasteiger partial charge in [0.05, 0.1) is 19.1 Å². The fourth-order valence-electron chi connectivity index (χ4n) is 5.48. The quantitative estimate of drug-likeness (QED) is 0.238. The molecule has 1 saturated carbocycles. The minimum atomic E-state index is -3.61. The second-order valence-electron chi connectivity index (χ2n) is 11.0. The van der Waals surface area contributed by atoms with E-state index in [9.17, 15) is 18.0 Å². The molecule has 2 amide bonds. The summed E-state index contributed by atoms with van der Waals surface area (Å²) in [6.07, 6.45) is 5.93. The molecule has 230 valence electrons. The van der Waals surface area contributed by atoms with Gasteiger partial charge in [0.15, 0.2) is 0 Å². The van der Waals surface area contributed by atoms with Crippen molar-refractivity contribution >= 4 is 43.5 Å². The average Bonchev–Trinajstić information content (AvgIpc) is 3.51. The van der Waals surface area contributed by atoms with E-state index in [-0.39, 0.29) is 43.8 Å². The second-order valence-corrected chi connectivity index (χ2v) is 13.8. The lowest BCUT2D eigenvalue weighted by molar-refractivity contribution is -0.141. The molecule has 0 aromatic heterocycles. The lowest BCUT2D eigenvalue weighted by atomic mass is 10.0. The molecule has 3 aromatic carbocycles. The first-order valence-electron chi connectivity index (χ1n) is 14.6. The van der Waals surface area contributed by atoms with Crippen LogP contribution in [0.4, 0.5) is 5.69 Å². The SMILES string of the molecule is COc1cccc(N(CCCC(=O)N(Cc2ccc(Br)cc2)[C@H](Cc2ccccc2)C(=O)NC2CCCC2)S(C)(=O)=O)c1. The number of anilines is 1. The van der Waals surface area contributed by atoms with Crippen molar-refractivity contribution in [2.45, 2.75) is 63.6 Å². The standard InChI is InChI=1S/C33H40BrN3O5S/c1-42-30-15-8-14-29(23-30)37(43(2,40)41)21-9-16-32(38)36(24-26-17-19-27(34)20-18-26)31(22-25-10-4-3-5-11-25)33(39)35-28-12-6-7-13-28/h3-5,8,10-11,14-15,17-20,23,28,31H,6-7,9,12-13,16,21-22,24H2,1-2H3,(H,35,39)/t31-/m1/s1. The minimum absolute atomic E-state index is 0.0779. The van der Waals surface area contributed by atoms with Crippen LogP contribution in [0.25, 0.3) is 0 Å². The number of halogens is 1. The molecule has 3 aromatic rings. The van der Waals surface area contributed by atoms with Crippen LogP contribution in [-0.4, -0.2) is 57.1 Å². The summed E-state index contributed by atoms with van der Waals surface area (Å²) in [4.78, 5) is 29.5. The van der Waals surface area contributed by atoms with E-state index < -0.39 is 16.1 Å². The topological polar surface area (TPSA) is 96.0 Å². The largest absolute Gasteiger partial charge is 0.497 e. The van der Waals surface area contributed by atoms with Gasteiger partial charge < -0.3 is 15.0 Å². The summed E-state index contributed by atoms with van der Waals surface area (Å²) in [5.41, 5.74) is 2.33. The number of nitrogens with one attached hydrogen (secondary N) is 1. The van der Waals surface area contributed by atoms with Gasteiger partial charge in [0.1, 0.15) is 11.8 Å². The lowest BCUT2D eigenvalue weighted by Crippen LogP contribution is -2.52. The summed E-state index contributed by atoms with van der Waals surface area (Å²) in [6, 6.07) is 23.7. The molecule has 0 radical (unpaired) electrons. The first-order chi connectivity index (χ1) is 20.6. The van der Waals surface area contributed by atoms with Gasteiger partial charge in [-0.15, -0.1) is 0 Å². The zero-order chi connectivity index (χ0) is 30.8. The third kappa shape index (κ3) is 9.56. The number of carbonyl (C=O) groups excluding carboxylic acids is 2. The Morgan fingerprint density at radius 1 is 0.977 bits per heavy atom. The molecule has 0 aliphatic heterocycles. The number of ether oxygens (including phenoxy) is 1. The maximum absolute atomic E-state index is 14.0. The first kappa shape index (κ1) is 32.5. The third-order valence-electron chi connectivity index (χ3n) is 7.73. The molecule has 43 heavy (non-hydrogen) atoms. The maximum atomic E-state index is 14.0. The lowest BCUT2D eigenvalue weighted by Gasteiger charge is -2.33. The molecule has 4 rings (SSSR count). The number of hydrogen-bond acceptors (Lipinski definition) is 5. The van der Waals surface area contributed by atoms with E-state index in [1.54, 1.807) is 29.2 Å². The summed E-state index contributed by atoms with van der Waals surface area (Å²) in [6.45, 7) is 0.370. The van der Waals surface area contributed by atoms with Gasteiger partial charge in [0.2, 0.25) is 21.8 Å². The predicted molar refractivity (Wildman–Crippen MR) is 173 cm³/mol. The Hall–Kier alpha value is -3.37. The van der Waals surface area contributed by atoms with Gasteiger partial charge in [-0.2, -0.15) is 0 Å². The van der Waals surface area contributed by atoms with Crippen LogP contribution in [0, 0.1) is 0 Å². The van der Waals surface area contributed by atoms with E-state index in [1.165, 1.54) is 11.4 Å². The predicted octanol–water partition coefficient (Wildman–Crippen LogP) is 5.70. The normalized spacial score (nSPS) is 14.2. The van der Waals surface area contributed by atoms with Crippen LogP contribution in [0.1, 0.15) is 49.7 Å². The van der Waals surface area contributed by atoms with Crippen molar-refractivity contribution < 1.29 is 22.7 Å². The van der Waals surface area contributed by atoms with E-state index in [2.05, 4.69) is 21.2 Å². The van der Waals surface area contributed by atoms with Crippen molar-refractivity contribution in [1.29, 1.82) is 0 Å². The summed E-state index contributed by atoms with van der Waals surface area (Å²) >= 11 is 3.47. The fourth-order valence-corrected chi connectivity index (χ4v) is 6.70. The van der Waals surface area contributed by atoms with Gasteiger partial charge in [-0.05, 0) is 54.7 Å². The highest BCUT2D eigenvalue weighted by Crippen LogP contribution is 2.25. The van der Waals surface area contributed by atoms with Gasteiger partial charge in [0, 0.05) is 42.5 Å². The fraction of sp³-hybridized carbons (Fsp3) is 0.394. The molecule has 10 heteroatoms. The highest BCUT2D eigenvalue weighted by atomic mass is 79.9. The molecule has 1 fully saturated rings. The van der Waals surface area contributed by atoms with Gasteiger partial charge >= 0.3 is 0 Å². The highest BCUT2D eigenvalue weighted by molar-refractivity contribution is 9.10. The Kier molecular flexibility index (Phi) is 11.6. The molecule has 1 aliphatic rings. The van der Waals surface area contributed by atoms with Gasteiger partial charge in [-0.3, -0.25) is 13.9 Å². The number of benzene rings is 3. The molecule has 0 heterocycles. The van der Waals surface area contributed by atoms with Crippen molar-refractivity contribution in [2.24, 2.45) is 0 Å². The molecule has 1 N–H and O–H groups in total. The van der Waals surface area contributed by atoms with Crippen molar-refractivity contribution in [3.63, 3.8) is 0 Å².